The van der Waals surface area contributed by atoms with Crippen LogP contribution in [0.25, 0.3) is 11.0 Å². The summed E-state index contributed by atoms with van der Waals surface area (Å²) in [6, 6.07) is 5.89. The van der Waals surface area contributed by atoms with E-state index in [0.29, 0.717) is 0 Å². The van der Waals surface area contributed by atoms with Crippen LogP contribution in [-0.4, -0.2) is 35.9 Å². The summed E-state index contributed by atoms with van der Waals surface area (Å²) in [6.07, 6.45) is 2.49. The summed E-state index contributed by atoms with van der Waals surface area (Å²) in [5.74, 6) is 1.88. The Labute approximate surface area is 118 Å². The third kappa shape index (κ3) is 4.14. The molecular formula is C14H21N3OS. The van der Waals surface area contributed by atoms with Gasteiger partial charge in [-0.25, -0.2) is 4.98 Å². The SMILES string of the molecule is CCCCNCCSc1nc2ccc(OC)cc2[nH]1. The number of nitrogens with zero attached hydrogens (tertiary/aromatic N) is 1. The first-order valence-electron chi connectivity index (χ1n) is 6.70. The van der Waals surface area contributed by atoms with Gasteiger partial charge in [0, 0.05) is 18.4 Å². The number of nitrogens with one attached hydrogen (secondary N) is 2. The zero-order chi connectivity index (χ0) is 13.5. The molecule has 19 heavy (non-hydrogen) atoms. The number of hydrogen-bond donors (Lipinski definition) is 2. The van der Waals surface area contributed by atoms with Crippen LogP contribution in [0.15, 0.2) is 23.4 Å². The minimum absolute atomic E-state index is 0.855. The molecule has 1 heterocycles. The molecule has 0 radical (unpaired) electrons. The lowest BCUT2D eigenvalue weighted by Crippen LogP contribution is -2.18. The van der Waals surface area contributed by atoms with Crippen LogP contribution in [-0.2, 0) is 0 Å². The van der Waals surface area contributed by atoms with E-state index in [1.807, 2.05) is 18.2 Å². The highest BCUT2D eigenvalue weighted by molar-refractivity contribution is 7.99. The molecule has 0 aliphatic heterocycles. The first-order valence-corrected chi connectivity index (χ1v) is 7.69. The third-order valence-corrected chi connectivity index (χ3v) is 3.77. The Kier molecular flexibility index (Phi) is 5.54. The number of fused-ring (bicyclic) bond motifs is 1. The van der Waals surface area contributed by atoms with Gasteiger partial charge in [0.25, 0.3) is 0 Å². The first-order chi connectivity index (χ1) is 9.33. The molecule has 2 aromatic rings. The Hall–Kier alpha value is -1.20. The number of rotatable bonds is 8. The van der Waals surface area contributed by atoms with Crippen molar-refractivity contribution < 1.29 is 4.74 Å². The summed E-state index contributed by atoms with van der Waals surface area (Å²) in [4.78, 5) is 7.86. The molecule has 0 saturated heterocycles. The van der Waals surface area contributed by atoms with Gasteiger partial charge >= 0.3 is 0 Å². The summed E-state index contributed by atoms with van der Waals surface area (Å²) in [5.41, 5.74) is 2.02. The van der Waals surface area contributed by atoms with E-state index in [9.17, 15) is 0 Å². The number of imidazole rings is 1. The topological polar surface area (TPSA) is 49.9 Å². The van der Waals surface area contributed by atoms with Gasteiger partial charge in [-0.3, -0.25) is 0 Å². The maximum atomic E-state index is 5.20. The number of hydrogen-bond acceptors (Lipinski definition) is 4. The van der Waals surface area contributed by atoms with Crippen molar-refractivity contribution in [3.8, 4) is 5.75 Å². The van der Waals surface area contributed by atoms with Gasteiger partial charge in [-0.2, -0.15) is 0 Å². The number of aromatic amines is 1. The first kappa shape index (κ1) is 14.2. The monoisotopic (exact) mass is 279 g/mol. The number of H-pyrrole nitrogens is 1. The largest absolute Gasteiger partial charge is 0.497 e. The summed E-state index contributed by atoms with van der Waals surface area (Å²) in [5, 5.41) is 4.40. The fourth-order valence-corrected chi connectivity index (χ4v) is 2.59. The highest BCUT2D eigenvalue weighted by Crippen LogP contribution is 2.22. The Morgan fingerprint density at radius 3 is 3.05 bits per heavy atom. The molecular weight excluding hydrogens is 258 g/mol. The van der Waals surface area contributed by atoms with Crippen molar-refractivity contribution in [2.24, 2.45) is 0 Å². The maximum absolute atomic E-state index is 5.20. The minimum atomic E-state index is 0.855. The summed E-state index contributed by atoms with van der Waals surface area (Å²) in [6.45, 7) is 4.33. The van der Waals surface area contributed by atoms with Crippen LogP contribution in [0.3, 0.4) is 0 Å². The Morgan fingerprint density at radius 2 is 2.26 bits per heavy atom. The highest BCUT2D eigenvalue weighted by atomic mass is 32.2. The van der Waals surface area contributed by atoms with Gasteiger partial charge in [-0.05, 0) is 25.1 Å². The molecule has 0 bridgehead atoms. The summed E-state index contributed by atoms with van der Waals surface area (Å²) in [7, 11) is 1.68. The molecule has 1 aromatic carbocycles. The van der Waals surface area contributed by atoms with Crippen molar-refractivity contribution in [1.82, 2.24) is 15.3 Å². The van der Waals surface area contributed by atoms with E-state index in [1.165, 1.54) is 12.8 Å². The van der Waals surface area contributed by atoms with Crippen LogP contribution >= 0.6 is 11.8 Å². The second-order valence-corrected chi connectivity index (χ2v) is 5.46. The van der Waals surface area contributed by atoms with E-state index in [0.717, 1.165) is 40.8 Å². The number of ether oxygens (including phenoxy) is 1. The van der Waals surface area contributed by atoms with Crippen molar-refractivity contribution in [3.05, 3.63) is 18.2 Å². The molecule has 0 saturated carbocycles. The van der Waals surface area contributed by atoms with Crippen molar-refractivity contribution >= 4 is 22.8 Å². The molecule has 0 atom stereocenters. The average Bonchev–Trinajstić information content (AvgIpc) is 2.84. The number of methoxy groups -OCH3 is 1. The molecule has 0 unspecified atom stereocenters. The van der Waals surface area contributed by atoms with Crippen molar-refractivity contribution in [1.29, 1.82) is 0 Å². The second-order valence-electron chi connectivity index (χ2n) is 4.38. The summed E-state index contributed by atoms with van der Waals surface area (Å²) >= 11 is 1.75. The van der Waals surface area contributed by atoms with Crippen LogP contribution in [0.2, 0.25) is 0 Å². The van der Waals surface area contributed by atoms with Gasteiger partial charge < -0.3 is 15.0 Å². The van der Waals surface area contributed by atoms with E-state index < -0.39 is 0 Å². The van der Waals surface area contributed by atoms with Crippen LogP contribution in [0.1, 0.15) is 19.8 Å². The quantitative estimate of drug-likeness (QED) is 0.576. The van der Waals surface area contributed by atoms with Gasteiger partial charge in [-0.15, -0.1) is 0 Å². The molecule has 1 aromatic heterocycles. The van der Waals surface area contributed by atoms with E-state index in [2.05, 4.69) is 22.2 Å². The molecule has 0 aliphatic carbocycles. The summed E-state index contributed by atoms with van der Waals surface area (Å²) < 4.78 is 5.20. The maximum Gasteiger partial charge on any atom is 0.166 e. The van der Waals surface area contributed by atoms with Crippen LogP contribution in [0.4, 0.5) is 0 Å². The fourth-order valence-electron chi connectivity index (χ4n) is 1.81. The normalized spacial score (nSPS) is 11.1. The predicted molar refractivity (Wildman–Crippen MR) is 81.1 cm³/mol. The van der Waals surface area contributed by atoms with E-state index in [1.54, 1.807) is 18.9 Å². The molecule has 4 nitrogen and oxygen atoms in total. The molecule has 0 fully saturated rings. The van der Waals surface area contributed by atoms with E-state index in [-0.39, 0.29) is 0 Å². The third-order valence-electron chi connectivity index (χ3n) is 2.89. The molecule has 2 N–H and O–H groups in total. The number of benzene rings is 1. The smallest absolute Gasteiger partial charge is 0.166 e. The lowest BCUT2D eigenvalue weighted by Gasteiger charge is -2.01. The standard InChI is InChI=1S/C14H21N3OS/c1-3-4-7-15-8-9-19-14-16-12-6-5-11(18-2)10-13(12)17-14/h5-6,10,15H,3-4,7-9H2,1-2H3,(H,16,17). The molecule has 0 spiro atoms. The van der Waals surface area contributed by atoms with Gasteiger partial charge in [0.05, 0.1) is 18.1 Å². The van der Waals surface area contributed by atoms with E-state index >= 15 is 0 Å². The van der Waals surface area contributed by atoms with Crippen molar-refractivity contribution in [2.45, 2.75) is 24.9 Å². The highest BCUT2D eigenvalue weighted by Gasteiger charge is 2.04. The lowest BCUT2D eigenvalue weighted by atomic mass is 10.3. The van der Waals surface area contributed by atoms with Gasteiger partial charge in [-0.1, -0.05) is 25.1 Å². The number of unbranched alkanes of at least 4 members (excludes halogenated alkanes) is 1. The van der Waals surface area contributed by atoms with E-state index in [4.69, 9.17) is 4.74 Å². The molecule has 0 aliphatic rings. The average molecular weight is 279 g/mol. The fraction of sp³-hybridized carbons (Fsp3) is 0.500. The minimum Gasteiger partial charge on any atom is -0.497 e. The van der Waals surface area contributed by atoms with Crippen LogP contribution in [0.5, 0.6) is 5.75 Å². The Morgan fingerprint density at radius 1 is 1.37 bits per heavy atom. The zero-order valence-electron chi connectivity index (χ0n) is 11.5. The Balaban J connectivity index is 1.84. The van der Waals surface area contributed by atoms with Crippen molar-refractivity contribution in [2.75, 3.05) is 26.0 Å². The molecule has 104 valence electrons. The van der Waals surface area contributed by atoms with Gasteiger partial charge in [0.15, 0.2) is 5.16 Å². The lowest BCUT2D eigenvalue weighted by molar-refractivity contribution is 0.415. The number of aromatic nitrogens is 2. The molecule has 0 amide bonds. The van der Waals surface area contributed by atoms with Crippen LogP contribution < -0.4 is 10.1 Å². The second kappa shape index (κ2) is 7.40. The van der Waals surface area contributed by atoms with Crippen molar-refractivity contribution in [3.63, 3.8) is 0 Å². The van der Waals surface area contributed by atoms with Gasteiger partial charge in [0.1, 0.15) is 5.75 Å². The molecule has 2 rings (SSSR count). The van der Waals surface area contributed by atoms with Gasteiger partial charge in [0.2, 0.25) is 0 Å². The zero-order valence-corrected chi connectivity index (χ0v) is 12.3. The Bertz CT molecular complexity index is 512. The van der Waals surface area contributed by atoms with Crippen LogP contribution in [0, 0.1) is 0 Å². The molecule has 5 heteroatoms. The number of thioether (sulfide) groups is 1. The predicted octanol–water partition coefficient (Wildman–Crippen LogP) is 3.05.